The van der Waals surface area contributed by atoms with E-state index in [2.05, 4.69) is 22.1 Å². The maximum Gasteiger partial charge on any atom is 0.241 e. The van der Waals surface area contributed by atoms with Gasteiger partial charge in [0.15, 0.2) is 0 Å². The number of hydrogen-bond donors (Lipinski definition) is 2. The monoisotopic (exact) mass is 322 g/mol. The third-order valence-corrected chi connectivity index (χ3v) is 3.35. The average Bonchev–Trinajstić information content (AvgIpc) is 2.60. The molecule has 0 saturated carbocycles. The van der Waals surface area contributed by atoms with Gasteiger partial charge in [-0.05, 0) is 31.2 Å². The van der Waals surface area contributed by atoms with E-state index in [0.717, 1.165) is 11.1 Å². The number of nitrogens with zero attached hydrogens (tertiary/aromatic N) is 1. The molecule has 1 aromatic carbocycles. The Hall–Kier alpha value is -3.13. The third kappa shape index (κ3) is 4.43. The van der Waals surface area contributed by atoms with E-state index in [1.807, 2.05) is 0 Å². The van der Waals surface area contributed by atoms with Crippen molar-refractivity contribution in [3.8, 4) is 28.8 Å². The number of rotatable bonds is 3. The lowest BCUT2D eigenvalue weighted by Gasteiger charge is -2.04. The van der Waals surface area contributed by atoms with E-state index in [9.17, 15) is 14.7 Å². The quantitative estimate of drug-likeness (QED) is 0.851. The lowest BCUT2D eigenvalue weighted by atomic mass is 10.1. The van der Waals surface area contributed by atoms with Gasteiger partial charge in [0, 0.05) is 23.7 Å². The average molecular weight is 322 g/mol. The summed E-state index contributed by atoms with van der Waals surface area (Å²) in [5.41, 5.74) is 2.01. The summed E-state index contributed by atoms with van der Waals surface area (Å²) in [7, 11) is 0. The number of hydrogen-bond acceptors (Lipinski definition) is 4. The molecule has 0 aliphatic heterocycles. The standard InChI is InChI=1S/C19H18N2O3/c1-3-17(23)21-19(24)13(2)6-7-14-8-10-15(11-9-14)18-16(22)5-4-12-20-18/h4-5,8-13,22H,3H2,1-2H3,(H,21,23,24). The van der Waals surface area contributed by atoms with E-state index >= 15 is 0 Å². The lowest BCUT2D eigenvalue weighted by molar-refractivity contribution is -0.131. The lowest BCUT2D eigenvalue weighted by Crippen LogP contribution is -2.33. The van der Waals surface area contributed by atoms with Crippen LogP contribution in [-0.4, -0.2) is 21.9 Å². The van der Waals surface area contributed by atoms with Gasteiger partial charge in [-0.3, -0.25) is 19.9 Å². The maximum absolute atomic E-state index is 11.7. The molecule has 5 nitrogen and oxygen atoms in total. The molecule has 0 saturated heterocycles. The Morgan fingerprint density at radius 2 is 1.96 bits per heavy atom. The number of imide groups is 1. The predicted molar refractivity (Wildman–Crippen MR) is 90.8 cm³/mol. The molecule has 0 fully saturated rings. The van der Waals surface area contributed by atoms with Crippen LogP contribution in [0.15, 0.2) is 42.6 Å². The molecule has 2 amide bonds. The summed E-state index contributed by atoms with van der Waals surface area (Å²) in [6, 6.07) is 10.4. The number of carbonyl (C=O) groups excluding carboxylic acids is 2. The smallest absolute Gasteiger partial charge is 0.241 e. The zero-order valence-electron chi connectivity index (χ0n) is 13.5. The van der Waals surface area contributed by atoms with Crippen LogP contribution < -0.4 is 5.32 Å². The summed E-state index contributed by atoms with van der Waals surface area (Å²) in [5.74, 6) is 4.54. The Kier molecular flexibility index (Phi) is 5.69. The highest BCUT2D eigenvalue weighted by Crippen LogP contribution is 2.25. The Bertz CT molecular complexity index is 801. The number of benzene rings is 1. The van der Waals surface area contributed by atoms with Gasteiger partial charge in [0.05, 0.1) is 5.92 Å². The van der Waals surface area contributed by atoms with Gasteiger partial charge < -0.3 is 5.11 Å². The topological polar surface area (TPSA) is 79.3 Å². The minimum absolute atomic E-state index is 0.113. The SMILES string of the molecule is CCC(=O)NC(=O)C(C)C#Cc1ccc(-c2ncccc2O)cc1. The minimum atomic E-state index is -0.583. The van der Waals surface area contributed by atoms with Gasteiger partial charge in [-0.15, -0.1) is 0 Å². The molecule has 0 aliphatic carbocycles. The molecule has 2 N–H and O–H groups in total. The van der Waals surface area contributed by atoms with Crippen molar-refractivity contribution in [2.24, 2.45) is 5.92 Å². The van der Waals surface area contributed by atoms with Gasteiger partial charge in [0.1, 0.15) is 11.4 Å². The summed E-state index contributed by atoms with van der Waals surface area (Å²) in [4.78, 5) is 27.1. The normalized spacial score (nSPS) is 11.1. The first-order valence-corrected chi connectivity index (χ1v) is 7.61. The van der Waals surface area contributed by atoms with Crippen LogP contribution in [0.25, 0.3) is 11.3 Å². The van der Waals surface area contributed by atoms with Crippen molar-refractivity contribution < 1.29 is 14.7 Å². The fourth-order valence-electron chi connectivity index (χ4n) is 1.92. The molecule has 1 atom stereocenters. The summed E-state index contributed by atoms with van der Waals surface area (Å²) in [5, 5.41) is 12.1. The number of aromatic nitrogens is 1. The molecule has 2 rings (SSSR count). The number of amides is 2. The van der Waals surface area contributed by atoms with Crippen molar-refractivity contribution in [3.63, 3.8) is 0 Å². The Balaban J connectivity index is 2.09. The van der Waals surface area contributed by atoms with Crippen LogP contribution in [0.4, 0.5) is 0 Å². The first-order chi connectivity index (χ1) is 11.5. The van der Waals surface area contributed by atoms with Gasteiger partial charge in [-0.2, -0.15) is 0 Å². The zero-order valence-corrected chi connectivity index (χ0v) is 13.5. The largest absolute Gasteiger partial charge is 0.506 e. The second kappa shape index (κ2) is 7.93. The van der Waals surface area contributed by atoms with Gasteiger partial charge in [-0.1, -0.05) is 30.9 Å². The molecule has 24 heavy (non-hydrogen) atoms. The molecule has 0 radical (unpaired) electrons. The first kappa shape index (κ1) is 17.2. The fourth-order valence-corrected chi connectivity index (χ4v) is 1.92. The van der Waals surface area contributed by atoms with Crippen molar-refractivity contribution in [3.05, 3.63) is 48.2 Å². The number of pyridine rings is 1. The predicted octanol–water partition coefficient (Wildman–Crippen LogP) is 2.49. The first-order valence-electron chi connectivity index (χ1n) is 7.61. The molecular formula is C19H18N2O3. The minimum Gasteiger partial charge on any atom is -0.506 e. The van der Waals surface area contributed by atoms with Crippen LogP contribution in [0.2, 0.25) is 0 Å². The van der Waals surface area contributed by atoms with Crippen molar-refractivity contribution in [2.75, 3.05) is 0 Å². The Morgan fingerprint density at radius 1 is 1.25 bits per heavy atom. The van der Waals surface area contributed by atoms with Crippen molar-refractivity contribution in [1.82, 2.24) is 10.3 Å². The molecule has 0 spiro atoms. The molecular weight excluding hydrogens is 304 g/mol. The van der Waals surface area contributed by atoms with Crippen molar-refractivity contribution >= 4 is 11.8 Å². The van der Waals surface area contributed by atoms with Crippen LogP contribution in [0.3, 0.4) is 0 Å². The highest BCUT2D eigenvalue weighted by atomic mass is 16.3. The van der Waals surface area contributed by atoms with Gasteiger partial charge >= 0.3 is 0 Å². The molecule has 2 aromatic rings. The Morgan fingerprint density at radius 3 is 2.58 bits per heavy atom. The second-order valence-corrected chi connectivity index (χ2v) is 5.21. The van der Waals surface area contributed by atoms with Crippen molar-refractivity contribution in [1.29, 1.82) is 0 Å². The fraction of sp³-hybridized carbons (Fsp3) is 0.211. The highest BCUT2D eigenvalue weighted by molar-refractivity contribution is 5.97. The van der Waals surface area contributed by atoms with E-state index in [1.54, 1.807) is 56.4 Å². The van der Waals surface area contributed by atoms with Gasteiger partial charge in [0.2, 0.25) is 11.8 Å². The summed E-state index contributed by atoms with van der Waals surface area (Å²) < 4.78 is 0. The number of nitrogens with one attached hydrogen (secondary N) is 1. The number of carbonyl (C=O) groups is 2. The van der Waals surface area contributed by atoms with E-state index in [0.29, 0.717) is 5.69 Å². The zero-order chi connectivity index (χ0) is 17.5. The highest BCUT2D eigenvalue weighted by Gasteiger charge is 2.12. The van der Waals surface area contributed by atoms with E-state index < -0.39 is 11.8 Å². The molecule has 1 heterocycles. The van der Waals surface area contributed by atoms with Gasteiger partial charge in [0.25, 0.3) is 0 Å². The second-order valence-electron chi connectivity index (χ2n) is 5.21. The molecule has 5 heteroatoms. The molecule has 0 bridgehead atoms. The summed E-state index contributed by atoms with van der Waals surface area (Å²) in [6.45, 7) is 3.32. The Labute approximate surface area is 140 Å². The third-order valence-electron chi connectivity index (χ3n) is 3.35. The van der Waals surface area contributed by atoms with Crippen LogP contribution in [0.5, 0.6) is 5.75 Å². The van der Waals surface area contributed by atoms with Gasteiger partial charge in [-0.25, -0.2) is 0 Å². The molecule has 1 aromatic heterocycles. The van der Waals surface area contributed by atoms with Crippen LogP contribution >= 0.6 is 0 Å². The van der Waals surface area contributed by atoms with E-state index in [4.69, 9.17) is 0 Å². The molecule has 122 valence electrons. The summed E-state index contributed by atoms with van der Waals surface area (Å²) >= 11 is 0. The summed E-state index contributed by atoms with van der Waals surface area (Å²) in [6.07, 6.45) is 1.87. The van der Waals surface area contributed by atoms with Crippen LogP contribution in [0.1, 0.15) is 25.8 Å². The maximum atomic E-state index is 11.7. The van der Waals surface area contributed by atoms with E-state index in [-0.39, 0.29) is 18.1 Å². The molecule has 0 aliphatic rings. The van der Waals surface area contributed by atoms with Crippen LogP contribution in [-0.2, 0) is 9.59 Å². The van der Waals surface area contributed by atoms with E-state index in [1.165, 1.54) is 0 Å². The van der Waals surface area contributed by atoms with Crippen molar-refractivity contribution in [2.45, 2.75) is 20.3 Å². The number of aromatic hydroxyl groups is 1. The van der Waals surface area contributed by atoms with Crippen LogP contribution in [0, 0.1) is 17.8 Å². The molecule has 1 unspecified atom stereocenters.